The smallest absolute Gasteiger partial charge is 0.319 e. The molecule has 1 saturated carbocycles. The van der Waals surface area contributed by atoms with E-state index in [1.165, 1.54) is 18.2 Å². The predicted octanol–water partition coefficient (Wildman–Crippen LogP) is 5.98. The lowest BCUT2D eigenvalue weighted by Gasteiger charge is -2.42. The lowest BCUT2D eigenvalue weighted by molar-refractivity contribution is 0.0288. The molecule has 4 aromatic rings. The molecule has 2 atom stereocenters. The first-order valence-corrected chi connectivity index (χ1v) is 14.4. The van der Waals surface area contributed by atoms with Gasteiger partial charge in [0.2, 0.25) is 0 Å². The van der Waals surface area contributed by atoms with Gasteiger partial charge >= 0.3 is 6.01 Å². The van der Waals surface area contributed by atoms with Crippen molar-refractivity contribution in [3.63, 3.8) is 0 Å². The molecule has 1 saturated heterocycles. The summed E-state index contributed by atoms with van der Waals surface area (Å²) < 4.78 is 67.4. The highest BCUT2D eigenvalue weighted by molar-refractivity contribution is 6.01. The van der Waals surface area contributed by atoms with E-state index in [0.717, 1.165) is 6.42 Å². The molecule has 0 amide bonds. The molecule has 1 aliphatic heterocycles. The third-order valence-corrected chi connectivity index (χ3v) is 8.82. The number of ether oxygens (including phenoxy) is 1. The van der Waals surface area contributed by atoms with Crippen LogP contribution in [0.5, 0.6) is 11.8 Å². The Morgan fingerprint density at radius 1 is 1.09 bits per heavy atom. The number of phenols is 1. The van der Waals surface area contributed by atoms with Crippen LogP contribution in [0, 0.1) is 17.0 Å². The largest absolute Gasteiger partial charge is 0.508 e. The molecule has 2 aliphatic rings. The summed E-state index contributed by atoms with van der Waals surface area (Å²) in [5.41, 5.74) is -2.06. The van der Waals surface area contributed by atoms with Crippen molar-refractivity contribution in [3.05, 3.63) is 54.1 Å². The van der Waals surface area contributed by atoms with Gasteiger partial charge in [-0.15, -0.1) is 0 Å². The predicted molar refractivity (Wildman–Crippen MR) is 159 cm³/mol. The quantitative estimate of drug-likeness (QED) is 0.242. The lowest BCUT2D eigenvalue weighted by atomic mass is 9.94. The molecule has 228 valence electrons. The van der Waals surface area contributed by atoms with Crippen molar-refractivity contribution in [2.24, 2.45) is 5.41 Å². The first-order chi connectivity index (χ1) is 20.4. The average Bonchev–Trinajstić information content (AvgIpc) is 3.49. The first kappa shape index (κ1) is 29.4. The van der Waals surface area contributed by atoms with E-state index in [2.05, 4.69) is 22.2 Å². The van der Waals surface area contributed by atoms with Crippen molar-refractivity contribution >= 4 is 27.5 Å². The number of halogens is 4. The van der Waals surface area contributed by atoms with Gasteiger partial charge in [0.05, 0.1) is 11.0 Å². The SMILES string of the molecule is CCC1(C)CN(c2nc(OC[C@]3(CN(C)C)CC3(F)F)nc3c(F)c(-c4cc(O)cc5ccccc45)c(F)cc23)CCN1. The standard InChI is InChI=1S/C32H35F4N5O2/c1-5-30(2)16-41(11-10-37-30)28-23-14-24(33)25(22-13-20(42)12-19-8-6-7-9-21(19)22)26(34)27(23)38-29(39-28)43-18-31(17-40(3)4)15-32(31,35)36/h6-9,12-14,37,42H,5,10-11,15-18H2,1-4H3/t30?,31-/m1/s1. The van der Waals surface area contributed by atoms with Crippen molar-refractivity contribution in [3.8, 4) is 22.9 Å². The normalized spacial score (nSPS) is 23.3. The summed E-state index contributed by atoms with van der Waals surface area (Å²) in [6.45, 7) is 5.47. The van der Waals surface area contributed by atoms with Gasteiger partial charge < -0.3 is 25.0 Å². The fourth-order valence-electron chi connectivity index (χ4n) is 6.24. The number of phenolic OH excluding ortho intramolecular Hbond substituents is 1. The number of hydrogen-bond donors (Lipinski definition) is 2. The van der Waals surface area contributed by atoms with Crippen LogP contribution >= 0.6 is 0 Å². The summed E-state index contributed by atoms with van der Waals surface area (Å²) in [5.74, 6) is -4.56. The van der Waals surface area contributed by atoms with Crippen molar-refractivity contribution in [2.75, 3.05) is 51.8 Å². The van der Waals surface area contributed by atoms with Gasteiger partial charge in [0, 0.05) is 43.5 Å². The Balaban J connectivity index is 1.51. The fraction of sp³-hybridized carbons (Fsp3) is 0.438. The van der Waals surface area contributed by atoms with E-state index in [0.29, 0.717) is 30.4 Å². The van der Waals surface area contributed by atoms with Crippen LogP contribution in [0.1, 0.15) is 26.7 Å². The Morgan fingerprint density at radius 2 is 1.84 bits per heavy atom. The molecule has 11 heteroatoms. The summed E-state index contributed by atoms with van der Waals surface area (Å²) in [4.78, 5) is 12.5. The van der Waals surface area contributed by atoms with Crippen LogP contribution in [0.15, 0.2) is 42.5 Å². The molecule has 2 fully saturated rings. The number of aromatic hydroxyl groups is 1. The van der Waals surface area contributed by atoms with Crippen LogP contribution in [0.4, 0.5) is 23.4 Å². The summed E-state index contributed by atoms with van der Waals surface area (Å²) in [6, 6.07) is 10.8. The molecule has 43 heavy (non-hydrogen) atoms. The number of aromatic nitrogens is 2. The number of alkyl halides is 2. The highest BCUT2D eigenvalue weighted by atomic mass is 19.3. The van der Waals surface area contributed by atoms with E-state index in [1.54, 1.807) is 43.3 Å². The Labute approximate surface area is 247 Å². The molecule has 2 heterocycles. The van der Waals surface area contributed by atoms with E-state index < -0.39 is 23.0 Å². The third kappa shape index (κ3) is 5.22. The van der Waals surface area contributed by atoms with Gasteiger partial charge in [-0.3, -0.25) is 0 Å². The van der Waals surface area contributed by atoms with Gasteiger partial charge in [0.15, 0.2) is 5.82 Å². The minimum Gasteiger partial charge on any atom is -0.508 e. The van der Waals surface area contributed by atoms with Crippen LogP contribution in [0.2, 0.25) is 0 Å². The molecule has 2 N–H and O–H groups in total. The zero-order valence-corrected chi connectivity index (χ0v) is 24.6. The second-order valence-corrected chi connectivity index (χ2v) is 12.4. The molecule has 0 radical (unpaired) electrons. The first-order valence-electron chi connectivity index (χ1n) is 14.4. The minimum atomic E-state index is -2.91. The van der Waals surface area contributed by atoms with Crippen LogP contribution in [-0.4, -0.2) is 78.3 Å². The number of piperazine rings is 1. The highest BCUT2D eigenvalue weighted by Crippen LogP contribution is 2.60. The van der Waals surface area contributed by atoms with E-state index >= 15 is 8.78 Å². The Hall–Kier alpha value is -3.70. The Bertz CT molecular complexity index is 1720. The molecule has 6 rings (SSSR count). The number of nitrogens with one attached hydrogen (secondary N) is 1. The highest BCUT2D eigenvalue weighted by Gasteiger charge is 2.71. The number of benzene rings is 3. The summed E-state index contributed by atoms with van der Waals surface area (Å²) in [5, 5.41) is 15.2. The Morgan fingerprint density at radius 3 is 2.53 bits per heavy atom. The van der Waals surface area contributed by atoms with Crippen LogP contribution in [0.25, 0.3) is 32.8 Å². The minimum absolute atomic E-state index is 0.0986. The molecule has 1 unspecified atom stereocenters. The fourth-order valence-corrected chi connectivity index (χ4v) is 6.24. The van der Waals surface area contributed by atoms with Crippen molar-refractivity contribution in [1.29, 1.82) is 0 Å². The maximum Gasteiger partial charge on any atom is 0.319 e. The topological polar surface area (TPSA) is 73.8 Å². The third-order valence-electron chi connectivity index (χ3n) is 8.82. The van der Waals surface area contributed by atoms with E-state index in [-0.39, 0.29) is 64.7 Å². The summed E-state index contributed by atoms with van der Waals surface area (Å²) in [6.07, 6.45) is 0.467. The molecule has 0 spiro atoms. The average molecular weight is 598 g/mol. The zero-order valence-electron chi connectivity index (χ0n) is 24.6. The molecular formula is C32H35F4N5O2. The zero-order chi connectivity index (χ0) is 30.7. The summed E-state index contributed by atoms with van der Waals surface area (Å²) in [7, 11) is 3.43. The molecule has 3 aromatic carbocycles. The molecule has 1 aromatic heterocycles. The number of fused-ring (bicyclic) bond motifs is 2. The molecule has 0 bridgehead atoms. The molecule has 7 nitrogen and oxygen atoms in total. The van der Waals surface area contributed by atoms with Crippen molar-refractivity contribution in [1.82, 2.24) is 20.2 Å². The van der Waals surface area contributed by atoms with Gasteiger partial charge in [-0.25, -0.2) is 17.6 Å². The second kappa shape index (κ2) is 10.5. The van der Waals surface area contributed by atoms with Gasteiger partial charge in [0.1, 0.15) is 29.5 Å². The van der Waals surface area contributed by atoms with Gasteiger partial charge in [-0.2, -0.15) is 9.97 Å². The van der Waals surface area contributed by atoms with Gasteiger partial charge in [-0.05, 0) is 62.0 Å². The molecular weight excluding hydrogens is 562 g/mol. The van der Waals surface area contributed by atoms with E-state index in [9.17, 15) is 13.9 Å². The van der Waals surface area contributed by atoms with Crippen LogP contribution in [-0.2, 0) is 0 Å². The maximum atomic E-state index is 16.6. The van der Waals surface area contributed by atoms with Gasteiger partial charge in [-0.1, -0.05) is 31.2 Å². The lowest BCUT2D eigenvalue weighted by Crippen LogP contribution is -2.58. The van der Waals surface area contributed by atoms with Gasteiger partial charge in [0.25, 0.3) is 5.92 Å². The van der Waals surface area contributed by atoms with Crippen LogP contribution < -0.4 is 15.0 Å². The monoisotopic (exact) mass is 597 g/mol. The summed E-state index contributed by atoms with van der Waals surface area (Å²) >= 11 is 0. The Kier molecular flexibility index (Phi) is 7.16. The van der Waals surface area contributed by atoms with Crippen molar-refractivity contribution < 1.29 is 27.4 Å². The van der Waals surface area contributed by atoms with E-state index in [1.807, 2.05) is 11.8 Å². The second-order valence-electron chi connectivity index (χ2n) is 12.4. The molecule has 1 aliphatic carbocycles. The maximum absolute atomic E-state index is 16.6. The van der Waals surface area contributed by atoms with E-state index in [4.69, 9.17) is 4.74 Å². The number of anilines is 1. The number of nitrogens with zero attached hydrogens (tertiary/aromatic N) is 4. The van der Waals surface area contributed by atoms with Crippen LogP contribution in [0.3, 0.4) is 0 Å². The number of hydrogen-bond acceptors (Lipinski definition) is 7. The van der Waals surface area contributed by atoms with Crippen molar-refractivity contribution in [2.45, 2.75) is 38.2 Å². The number of rotatable bonds is 8.